The second-order valence-electron chi connectivity index (χ2n) is 4.86. The van der Waals surface area contributed by atoms with E-state index < -0.39 is 0 Å². The lowest BCUT2D eigenvalue weighted by molar-refractivity contribution is 0.102. The van der Waals surface area contributed by atoms with Crippen molar-refractivity contribution in [3.63, 3.8) is 0 Å². The van der Waals surface area contributed by atoms with Gasteiger partial charge in [0.1, 0.15) is 5.75 Å². The van der Waals surface area contributed by atoms with Gasteiger partial charge in [-0.3, -0.25) is 10.1 Å². The smallest absolute Gasteiger partial charge is 0.258 e. The van der Waals surface area contributed by atoms with Gasteiger partial charge in [-0.2, -0.15) is 0 Å². The Kier molecular flexibility index (Phi) is 4.57. The molecule has 3 rings (SSSR count). The largest absolute Gasteiger partial charge is 0.497 e. The number of nitrogens with one attached hydrogen (secondary N) is 1. The summed E-state index contributed by atoms with van der Waals surface area (Å²) in [6.07, 6.45) is 0. The zero-order valence-corrected chi connectivity index (χ0v) is 15.5. The van der Waals surface area contributed by atoms with Crippen molar-refractivity contribution in [3.05, 3.63) is 51.0 Å². The average Bonchev–Trinajstić information content (AvgIpc) is 2.96. The number of rotatable bonds is 3. The van der Waals surface area contributed by atoms with E-state index in [1.165, 1.54) is 11.3 Å². The van der Waals surface area contributed by atoms with Gasteiger partial charge in [0, 0.05) is 4.47 Å². The molecule has 0 saturated carbocycles. The fourth-order valence-electron chi connectivity index (χ4n) is 2.13. The number of carbonyl (C=O) groups excluding carboxylic acids is 1. The van der Waals surface area contributed by atoms with Crippen molar-refractivity contribution in [2.75, 3.05) is 12.4 Å². The summed E-state index contributed by atoms with van der Waals surface area (Å²) < 4.78 is 6.71. The highest BCUT2D eigenvalue weighted by molar-refractivity contribution is 9.10. The maximum Gasteiger partial charge on any atom is 0.258 e. The Hall–Kier alpha value is -1.63. The lowest BCUT2D eigenvalue weighted by Gasteiger charge is -2.06. The maximum absolute atomic E-state index is 12.5. The van der Waals surface area contributed by atoms with E-state index >= 15 is 0 Å². The molecule has 0 unspecified atom stereocenters. The van der Waals surface area contributed by atoms with Crippen LogP contribution in [0.4, 0.5) is 5.13 Å². The first-order valence-electron chi connectivity index (χ1n) is 6.70. The molecule has 0 spiro atoms. The molecule has 2 aromatic carbocycles. The van der Waals surface area contributed by atoms with Crippen LogP contribution in [0, 0.1) is 6.92 Å². The molecule has 0 saturated heterocycles. The first-order chi connectivity index (χ1) is 11.0. The van der Waals surface area contributed by atoms with Crippen LogP contribution in [0.15, 0.2) is 34.8 Å². The van der Waals surface area contributed by atoms with E-state index in [9.17, 15) is 4.79 Å². The molecule has 1 aromatic heterocycles. The summed E-state index contributed by atoms with van der Waals surface area (Å²) >= 11 is 10.9. The average molecular weight is 412 g/mol. The number of anilines is 1. The molecule has 1 amide bonds. The third kappa shape index (κ3) is 3.20. The van der Waals surface area contributed by atoms with Crippen LogP contribution in [0.3, 0.4) is 0 Å². The number of carbonyl (C=O) groups is 1. The molecule has 23 heavy (non-hydrogen) atoms. The fraction of sp³-hybridized carbons (Fsp3) is 0.125. The predicted octanol–water partition coefficient (Wildman–Crippen LogP) is 5.28. The third-order valence-corrected chi connectivity index (χ3v) is 5.46. The van der Waals surface area contributed by atoms with Gasteiger partial charge in [0.25, 0.3) is 5.91 Å². The first kappa shape index (κ1) is 16.2. The van der Waals surface area contributed by atoms with Gasteiger partial charge < -0.3 is 4.74 Å². The van der Waals surface area contributed by atoms with Crippen LogP contribution in [0.1, 0.15) is 15.9 Å². The molecule has 0 bridgehead atoms. The summed E-state index contributed by atoms with van der Waals surface area (Å²) in [5.74, 6) is 0.352. The van der Waals surface area contributed by atoms with Crippen molar-refractivity contribution in [3.8, 4) is 5.75 Å². The standard InChI is InChI=1S/C16H12BrClN2O2S/c1-8-3-6-12(18)14-13(8)19-16(23-14)20-15(21)10-7-9(22-2)4-5-11(10)17/h3-7H,1-2H3,(H,19,20,21). The molecular weight excluding hydrogens is 400 g/mol. The van der Waals surface area contributed by atoms with E-state index in [2.05, 4.69) is 26.2 Å². The van der Waals surface area contributed by atoms with Crippen molar-refractivity contribution >= 4 is 60.1 Å². The van der Waals surface area contributed by atoms with Gasteiger partial charge in [-0.15, -0.1) is 0 Å². The molecule has 0 atom stereocenters. The number of amides is 1. The summed E-state index contributed by atoms with van der Waals surface area (Å²) in [6, 6.07) is 8.97. The van der Waals surface area contributed by atoms with Crippen molar-refractivity contribution in [2.24, 2.45) is 0 Å². The van der Waals surface area contributed by atoms with Crippen molar-refractivity contribution < 1.29 is 9.53 Å². The minimum atomic E-state index is -0.261. The number of thiazole rings is 1. The molecule has 3 aromatic rings. The normalized spacial score (nSPS) is 10.8. The van der Waals surface area contributed by atoms with Gasteiger partial charge in [0.05, 0.1) is 27.9 Å². The highest BCUT2D eigenvalue weighted by atomic mass is 79.9. The molecular formula is C16H12BrClN2O2S. The Balaban J connectivity index is 1.94. The maximum atomic E-state index is 12.5. The zero-order valence-electron chi connectivity index (χ0n) is 12.3. The highest BCUT2D eigenvalue weighted by Gasteiger charge is 2.15. The quantitative estimate of drug-likeness (QED) is 0.638. The lowest BCUT2D eigenvalue weighted by Crippen LogP contribution is -2.12. The second-order valence-corrected chi connectivity index (χ2v) is 7.12. The number of aromatic nitrogens is 1. The summed E-state index contributed by atoms with van der Waals surface area (Å²) in [5.41, 5.74) is 2.30. The van der Waals surface area contributed by atoms with Gasteiger partial charge in [-0.1, -0.05) is 29.0 Å². The fourth-order valence-corrected chi connectivity index (χ4v) is 3.76. The predicted molar refractivity (Wildman–Crippen MR) is 98.0 cm³/mol. The van der Waals surface area contributed by atoms with E-state index in [0.717, 1.165) is 15.8 Å². The number of hydrogen-bond acceptors (Lipinski definition) is 4. The Morgan fingerprint density at radius 2 is 2.13 bits per heavy atom. The van der Waals surface area contributed by atoms with E-state index in [1.807, 2.05) is 19.1 Å². The minimum Gasteiger partial charge on any atom is -0.497 e. The Bertz CT molecular complexity index is 871. The molecule has 0 aliphatic rings. The van der Waals surface area contributed by atoms with Crippen molar-refractivity contribution in [1.82, 2.24) is 4.98 Å². The Morgan fingerprint density at radius 1 is 1.35 bits per heavy atom. The number of aryl methyl sites for hydroxylation is 1. The Morgan fingerprint density at radius 3 is 2.83 bits per heavy atom. The number of ether oxygens (including phenoxy) is 1. The summed E-state index contributed by atoms with van der Waals surface area (Å²) in [7, 11) is 1.56. The number of halogens is 2. The number of fused-ring (bicyclic) bond motifs is 1. The first-order valence-corrected chi connectivity index (χ1v) is 8.69. The Labute approximate surface area is 150 Å². The molecule has 1 N–H and O–H groups in total. The van der Waals surface area contributed by atoms with Gasteiger partial charge >= 0.3 is 0 Å². The van der Waals surface area contributed by atoms with E-state index in [4.69, 9.17) is 16.3 Å². The van der Waals surface area contributed by atoms with Gasteiger partial charge in [0.15, 0.2) is 5.13 Å². The molecule has 118 valence electrons. The third-order valence-electron chi connectivity index (χ3n) is 3.34. The van der Waals surface area contributed by atoms with Gasteiger partial charge in [-0.25, -0.2) is 4.98 Å². The number of nitrogens with zero attached hydrogens (tertiary/aromatic N) is 1. The monoisotopic (exact) mass is 410 g/mol. The van der Waals surface area contributed by atoms with Crippen LogP contribution in [0.2, 0.25) is 5.02 Å². The summed E-state index contributed by atoms with van der Waals surface area (Å²) in [4.78, 5) is 17.0. The summed E-state index contributed by atoms with van der Waals surface area (Å²) in [6.45, 7) is 1.96. The minimum absolute atomic E-state index is 0.261. The topological polar surface area (TPSA) is 51.2 Å². The van der Waals surface area contributed by atoms with Crippen LogP contribution in [-0.2, 0) is 0 Å². The van der Waals surface area contributed by atoms with Crippen LogP contribution < -0.4 is 10.1 Å². The number of hydrogen-bond donors (Lipinski definition) is 1. The molecule has 0 aliphatic heterocycles. The van der Waals surface area contributed by atoms with Crippen LogP contribution in [0.5, 0.6) is 5.75 Å². The van der Waals surface area contributed by atoms with Crippen molar-refractivity contribution in [1.29, 1.82) is 0 Å². The van der Waals surface area contributed by atoms with Crippen LogP contribution >= 0.6 is 38.9 Å². The number of methoxy groups -OCH3 is 1. The van der Waals surface area contributed by atoms with Gasteiger partial charge in [0.2, 0.25) is 0 Å². The molecule has 1 heterocycles. The van der Waals surface area contributed by atoms with Crippen LogP contribution in [-0.4, -0.2) is 18.0 Å². The van der Waals surface area contributed by atoms with Gasteiger partial charge in [-0.05, 0) is 52.7 Å². The van der Waals surface area contributed by atoms with E-state index in [-0.39, 0.29) is 5.91 Å². The molecule has 0 radical (unpaired) electrons. The second kappa shape index (κ2) is 6.47. The number of benzene rings is 2. The molecule has 4 nitrogen and oxygen atoms in total. The zero-order chi connectivity index (χ0) is 16.6. The molecule has 0 fully saturated rings. The van der Waals surface area contributed by atoms with E-state index in [1.54, 1.807) is 25.3 Å². The SMILES string of the molecule is COc1ccc(Br)c(C(=O)Nc2nc3c(C)ccc(Cl)c3s2)c1. The summed E-state index contributed by atoms with van der Waals surface area (Å²) in [5, 5.41) is 3.96. The van der Waals surface area contributed by atoms with Crippen LogP contribution in [0.25, 0.3) is 10.2 Å². The molecule has 0 aliphatic carbocycles. The van der Waals surface area contributed by atoms with E-state index in [0.29, 0.717) is 25.9 Å². The molecule has 7 heteroatoms. The van der Waals surface area contributed by atoms with Crippen molar-refractivity contribution in [2.45, 2.75) is 6.92 Å². The lowest BCUT2D eigenvalue weighted by atomic mass is 10.2. The highest BCUT2D eigenvalue weighted by Crippen LogP contribution is 2.34.